The zero-order chi connectivity index (χ0) is 15.0. The second-order valence-corrected chi connectivity index (χ2v) is 6.33. The summed E-state index contributed by atoms with van der Waals surface area (Å²) < 4.78 is 0. The van der Waals surface area contributed by atoms with Crippen molar-refractivity contribution in [1.29, 1.82) is 0 Å². The summed E-state index contributed by atoms with van der Waals surface area (Å²) in [5.41, 5.74) is 11.3. The Kier molecular flexibility index (Phi) is 4.08. The molecule has 0 N–H and O–H groups in total. The van der Waals surface area contributed by atoms with Gasteiger partial charge in [0.05, 0.1) is 0 Å². The summed E-state index contributed by atoms with van der Waals surface area (Å²) in [6.07, 6.45) is 0. The first-order chi connectivity index (χ1) is 9.31. The highest BCUT2D eigenvalue weighted by Crippen LogP contribution is 2.12. The molecule has 0 atom stereocenters. The maximum Gasteiger partial charge on any atom is 0.207 e. The second-order valence-electron chi connectivity index (χ2n) is 6.33. The Morgan fingerprint density at radius 1 is 0.600 bits per heavy atom. The predicted octanol–water partition coefficient (Wildman–Crippen LogP) is 3.78. The molecule has 0 amide bonds. The molecule has 0 aliphatic heterocycles. The molecule has 2 rings (SSSR count). The normalized spacial score (nSPS) is 10.8. The number of benzene rings is 2. The van der Waals surface area contributed by atoms with Crippen LogP contribution in [0.1, 0.15) is 33.4 Å². The van der Waals surface area contributed by atoms with E-state index >= 15 is 0 Å². The van der Waals surface area contributed by atoms with Crippen LogP contribution in [0.4, 0.5) is 0 Å². The van der Waals surface area contributed by atoms with E-state index in [2.05, 4.69) is 72.6 Å². The molecule has 0 spiro atoms. The van der Waals surface area contributed by atoms with Gasteiger partial charge in [-0.25, -0.2) is 0 Å². The molecule has 0 bridgehead atoms. The van der Waals surface area contributed by atoms with Crippen LogP contribution in [0.15, 0.2) is 24.3 Å². The van der Waals surface area contributed by atoms with Crippen LogP contribution in [0.2, 0.25) is 6.82 Å². The van der Waals surface area contributed by atoms with E-state index in [9.17, 15) is 0 Å². The Hall–Kier alpha value is -1.50. The Balaban J connectivity index is 2.57. The summed E-state index contributed by atoms with van der Waals surface area (Å²) in [4.78, 5) is 0. The van der Waals surface area contributed by atoms with Crippen LogP contribution in [-0.2, 0) is 0 Å². The molecule has 0 aliphatic carbocycles. The fourth-order valence-corrected chi connectivity index (χ4v) is 3.48. The lowest BCUT2D eigenvalue weighted by Gasteiger charge is -2.19. The van der Waals surface area contributed by atoms with E-state index in [1.54, 1.807) is 0 Å². The summed E-state index contributed by atoms with van der Waals surface area (Å²) >= 11 is 0. The molecule has 0 aromatic heterocycles. The zero-order valence-electron chi connectivity index (χ0n) is 13.9. The highest BCUT2D eigenvalue weighted by molar-refractivity contribution is 6.85. The van der Waals surface area contributed by atoms with Crippen molar-refractivity contribution < 1.29 is 0 Å². The van der Waals surface area contributed by atoms with E-state index in [4.69, 9.17) is 0 Å². The molecule has 1 heteroatoms. The topological polar surface area (TPSA) is 0 Å². The monoisotopic (exact) mass is 264 g/mol. The maximum atomic E-state index is 2.37. The third-order valence-corrected chi connectivity index (χ3v) is 4.52. The van der Waals surface area contributed by atoms with Crippen LogP contribution < -0.4 is 10.9 Å². The smallest absolute Gasteiger partial charge is 0.0774 e. The van der Waals surface area contributed by atoms with Crippen molar-refractivity contribution in [2.75, 3.05) is 0 Å². The van der Waals surface area contributed by atoms with Gasteiger partial charge >= 0.3 is 0 Å². The van der Waals surface area contributed by atoms with Gasteiger partial charge in [-0.3, -0.25) is 0 Å². The summed E-state index contributed by atoms with van der Waals surface area (Å²) in [7, 11) is 0. The Morgan fingerprint density at radius 3 is 1.65 bits per heavy atom. The van der Waals surface area contributed by atoms with Crippen molar-refractivity contribution in [1.82, 2.24) is 0 Å². The van der Waals surface area contributed by atoms with Crippen molar-refractivity contribution in [2.24, 2.45) is 0 Å². The lowest BCUT2D eigenvalue weighted by atomic mass is 9.40. The van der Waals surface area contributed by atoms with Gasteiger partial charge in [0.15, 0.2) is 0 Å². The van der Waals surface area contributed by atoms with Crippen LogP contribution in [0, 0.1) is 41.5 Å². The van der Waals surface area contributed by atoms with Gasteiger partial charge in [-0.15, -0.1) is 0 Å². The average molecular weight is 264 g/mol. The molecule has 0 heterocycles. The molecule has 2 aromatic rings. The molecule has 2 aromatic carbocycles. The number of hydrogen-bond acceptors (Lipinski definition) is 0. The first kappa shape index (κ1) is 14.9. The highest BCUT2D eigenvalue weighted by atomic mass is 14.1. The van der Waals surface area contributed by atoms with Gasteiger partial charge in [-0.2, -0.15) is 0 Å². The van der Waals surface area contributed by atoms with Crippen LogP contribution in [0.5, 0.6) is 0 Å². The van der Waals surface area contributed by atoms with Crippen LogP contribution >= 0.6 is 0 Å². The Morgan fingerprint density at radius 2 is 1.10 bits per heavy atom. The van der Waals surface area contributed by atoms with E-state index in [-0.39, 0.29) is 0 Å². The minimum Gasteiger partial charge on any atom is -0.0774 e. The maximum absolute atomic E-state index is 2.37. The van der Waals surface area contributed by atoms with Crippen LogP contribution in [0.3, 0.4) is 0 Å². The fourth-order valence-electron chi connectivity index (χ4n) is 3.48. The van der Waals surface area contributed by atoms with Gasteiger partial charge in [-0.1, -0.05) is 64.3 Å². The molecule has 0 radical (unpaired) electrons. The SMILES string of the molecule is CB(c1cc(C)c(C)cc1C)c1c(C)cc(C)cc1C. The lowest BCUT2D eigenvalue weighted by molar-refractivity contribution is 1.31. The quantitative estimate of drug-likeness (QED) is 0.724. The molecular weight excluding hydrogens is 239 g/mol. The van der Waals surface area contributed by atoms with Crippen molar-refractivity contribution in [3.8, 4) is 0 Å². The Labute approximate surface area is 124 Å². The van der Waals surface area contributed by atoms with Crippen LogP contribution in [0.25, 0.3) is 0 Å². The van der Waals surface area contributed by atoms with Gasteiger partial charge in [0, 0.05) is 0 Å². The standard InChI is InChI=1S/C19H25B/c1-12-8-16(5)19(17(6)9-12)20(7)18-11-14(3)13(2)10-15(18)4/h8-11H,1-7H3. The summed E-state index contributed by atoms with van der Waals surface area (Å²) in [5.74, 6) is 0. The van der Waals surface area contributed by atoms with Crippen molar-refractivity contribution in [2.45, 2.75) is 48.4 Å². The molecule has 0 saturated carbocycles. The molecule has 0 aliphatic rings. The van der Waals surface area contributed by atoms with Gasteiger partial charge in [-0.05, 0) is 52.7 Å². The van der Waals surface area contributed by atoms with Gasteiger partial charge < -0.3 is 0 Å². The molecule has 0 unspecified atom stereocenters. The van der Waals surface area contributed by atoms with Gasteiger partial charge in [0.2, 0.25) is 6.71 Å². The van der Waals surface area contributed by atoms with Crippen molar-refractivity contribution in [3.63, 3.8) is 0 Å². The minimum atomic E-state index is 0.454. The van der Waals surface area contributed by atoms with E-state index < -0.39 is 0 Å². The number of aryl methyl sites for hydroxylation is 6. The van der Waals surface area contributed by atoms with E-state index in [1.807, 2.05) is 0 Å². The van der Waals surface area contributed by atoms with E-state index in [0.717, 1.165) is 0 Å². The summed E-state index contributed by atoms with van der Waals surface area (Å²) in [6.45, 7) is 16.1. The van der Waals surface area contributed by atoms with E-state index in [0.29, 0.717) is 6.71 Å². The lowest BCUT2D eigenvalue weighted by Crippen LogP contribution is -2.43. The highest BCUT2D eigenvalue weighted by Gasteiger charge is 2.20. The van der Waals surface area contributed by atoms with Crippen molar-refractivity contribution in [3.05, 3.63) is 57.6 Å². The van der Waals surface area contributed by atoms with Crippen LogP contribution in [-0.4, -0.2) is 6.71 Å². The molecule has 20 heavy (non-hydrogen) atoms. The molecule has 0 saturated heterocycles. The number of hydrogen-bond donors (Lipinski definition) is 0. The predicted molar refractivity (Wildman–Crippen MR) is 92.2 cm³/mol. The fraction of sp³-hybridized carbons (Fsp3) is 0.368. The number of rotatable bonds is 2. The Bertz CT molecular complexity index is 630. The third-order valence-electron chi connectivity index (χ3n) is 4.52. The molecular formula is C19H25B. The van der Waals surface area contributed by atoms with Crippen molar-refractivity contribution >= 4 is 17.6 Å². The molecule has 104 valence electrons. The zero-order valence-corrected chi connectivity index (χ0v) is 13.9. The average Bonchev–Trinajstić information content (AvgIpc) is 2.32. The molecule has 0 nitrogen and oxygen atoms in total. The third kappa shape index (κ3) is 2.68. The summed E-state index contributed by atoms with van der Waals surface area (Å²) in [5, 5.41) is 0. The summed E-state index contributed by atoms with van der Waals surface area (Å²) in [6, 6.07) is 9.29. The first-order valence-corrected chi connectivity index (χ1v) is 7.46. The van der Waals surface area contributed by atoms with E-state index in [1.165, 1.54) is 44.3 Å². The largest absolute Gasteiger partial charge is 0.207 e. The van der Waals surface area contributed by atoms with Gasteiger partial charge in [0.25, 0.3) is 0 Å². The van der Waals surface area contributed by atoms with Gasteiger partial charge in [0.1, 0.15) is 0 Å². The first-order valence-electron chi connectivity index (χ1n) is 7.46. The second kappa shape index (κ2) is 5.48. The molecule has 0 fully saturated rings. The minimum absolute atomic E-state index is 0.454.